The molecular formula is C26H24F3N5OS2. The topological polar surface area (TPSA) is 79.8 Å². The number of halogens is 3. The number of hydrogen-bond acceptors (Lipinski definition) is 6. The van der Waals surface area contributed by atoms with Crippen LogP contribution in [0.4, 0.5) is 18.9 Å². The molecule has 192 valence electrons. The van der Waals surface area contributed by atoms with Gasteiger partial charge in [0.25, 0.3) is 0 Å². The van der Waals surface area contributed by atoms with Crippen molar-refractivity contribution in [2.75, 3.05) is 17.8 Å². The molecule has 4 aromatic rings. The highest BCUT2D eigenvalue weighted by molar-refractivity contribution is 7.86. The van der Waals surface area contributed by atoms with Crippen LogP contribution < -0.4 is 10.0 Å². The van der Waals surface area contributed by atoms with Gasteiger partial charge in [0.2, 0.25) is 0 Å². The zero-order valence-corrected chi connectivity index (χ0v) is 21.8. The van der Waals surface area contributed by atoms with Crippen molar-refractivity contribution in [3.8, 4) is 21.8 Å². The first-order chi connectivity index (χ1) is 17.8. The number of piperidine rings is 1. The number of anilines is 1. The Hall–Kier alpha value is -3.15. The average molecular weight is 544 g/mol. The summed E-state index contributed by atoms with van der Waals surface area (Å²) in [5, 5.41) is 4.24. The smallest absolute Gasteiger partial charge is 0.156 e. The Labute approximate surface area is 219 Å². The van der Waals surface area contributed by atoms with Gasteiger partial charge in [-0.1, -0.05) is 19.1 Å². The van der Waals surface area contributed by atoms with Crippen molar-refractivity contribution in [3.05, 3.63) is 76.9 Å². The van der Waals surface area contributed by atoms with Crippen molar-refractivity contribution in [2.24, 2.45) is 0 Å². The average Bonchev–Trinajstić information content (AvgIpc) is 3.32. The fraction of sp³-hybridized carbons (Fsp3) is 0.269. The third kappa shape index (κ3) is 5.03. The summed E-state index contributed by atoms with van der Waals surface area (Å²) in [4.78, 5) is 13.7. The predicted molar refractivity (Wildman–Crippen MR) is 139 cm³/mol. The molecule has 6 nitrogen and oxygen atoms in total. The summed E-state index contributed by atoms with van der Waals surface area (Å²) in [6.07, 6.45) is 3.42. The summed E-state index contributed by atoms with van der Waals surface area (Å²) >= 11 is 1.48. The van der Waals surface area contributed by atoms with Crippen molar-refractivity contribution in [2.45, 2.75) is 37.0 Å². The first kappa shape index (κ1) is 25.5. The maximum Gasteiger partial charge on any atom is 0.156 e. The molecule has 3 heterocycles. The highest BCUT2D eigenvalue weighted by Gasteiger charge is 2.34. The second kappa shape index (κ2) is 10.3. The van der Waals surface area contributed by atoms with Crippen molar-refractivity contribution >= 4 is 28.0 Å². The standard InChI is InChI=1S/C26H24F3N5OS2/c1-15-31-12-9-20(32-15)23-22(33-25(36-23)26(2)10-13-30-14-11-26)16-5-3-8-19(21(16)29)34-37(35)24-17(27)6-4-7-18(24)28/h3-9,12,30,34H,10-11,13-14H2,1-2H3. The number of rotatable bonds is 6. The number of nitrogens with zero attached hydrogens (tertiary/aromatic N) is 3. The third-order valence-corrected chi connectivity index (χ3v) is 8.97. The Kier molecular flexibility index (Phi) is 7.11. The van der Waals surface area contributed by atoms with Gasteiger partial charge in [0.15, 0.2) is 16.8 Å². The summed E-state index contributed by atoms with van der Waals surface area (Å²) in [5.41, 5.74) is 0.856. The van der Waals surface area contributed by atoms with E-state index in [4.69, 9.17) is 4.98 Å². The van der Waals surface area contributed by atoms with Crippen LogP contribution in [0.5, 0.6) is 0 Å². The number of nitrogens with one attached hydrogen (secondary N) is 2. The molecule has 1 saturated heterocycles. The minimum atomic E-state index is -2.37. The molecule has 37 heavy (non-hydrogen) atoms. The predicted octanol–water partition coefficient (Wildman–Crippen LogP) is 5.77. The van der Waals surface area contributed by atoms with E-state index in [-0.39, 0.29) is 16.7 Å². The number of aromatic nitrogens is 3. The van der Waals surface area contributed by atoms with Crippen LogP contribution in [0.15, 0.2) is 53.6 Å². The Bertz CT molecular complexity index is 1470. The molecule has 0 amide bonds. The van der Waals surface area contributed by atoms with E-state index in [1.165, 1.54) is 23.5 Å². The molecular weight excluding hydrogens is 519 g/mol. The van der Waals surface area contributed by atoms with E-state index in [0.717, 1.165) is 43.1 Å². The molecule has 0 bridgehead atoms. The van der Waals surface area contributed by atoms with Crippen LogP contribution in [-0.2, 0) is 16.4 Å². The zero-order valence-electron chi connectivity index (χ0n) is 20.1. The van der Waals surface area contributed by atoms with E-state index in [1.54, 1.807) is 31.3 Å². The molecule has 1 aliphatic rings. The quantitative estimate of drug-likeness (QED) is 0.323. The van der Waals surface area contributed by atoms with Gasteiger partial charge in [0.1, 0.15) is 22.4 Å². The lowest BCUT2D eigenvalue weighted by atomic mass is 9.82. The monoisotopic (exact) mass is 543 g/mol. The Morgan fingerprint density at radius 3 is 2.43 bits per heavy atom. The van der Waals surface area contributed by atoms with E-state index in [0.29, 0.717) is 22.1 Å². The second-order valence-corrected chi connectivity index (χ2v) is 11.2. The van der Waals surface area contributed by atoms with E-state index >= 15 is 4.39 Å². The van der Waals surface area contributed by atoms with Gasteiger partial charge in [-0.05, 0) is 63.2 Å². The van der Waals surface area contributed by atoms with Crippen molar-refractivity contribution in [1.82, 2.24) is 20.3 Å². The number of benzene rings is 2. The summed E-state index contributed by atoms with van der Waals surface area (Å²) in [6.45, 7) is 5.66. The third-order valence-electron chi connectivity index (χ3n) is 6.42. The number of aryl methyl sites for hydroxylation is 1. The zero-order chi connectivity index (χ0) is 26.2. The second-order valence-electron chi connectivity index (χ2n) is 9.09. The SMILES string of the molecule is Cc1nccc(-c2sc(C3(C)CCNCC3)nc2-c2cccc(NS(=O)c3c(F)cccc3F)c2F)n1. The lowest BCUT2D eigenvalue weighted by Crippen LogP contribution is -2.37. The minimum Gasteiger partial charge on any atom is -0.317 e. The van der Waals surface area contributed by atoms with Crippen molar-refractivity contribution in [3.63, 3.8) is 0 Å². The maximum absolute atomic E-state index is 15.9. The van der Waals surface area contributed by atoms with Crippen molar-refractivity contribution in [1.29, 1.82) is 0 Å². The van der Waals surface area contributed by atoms with Gasteiger partial charge in [0, 0.05) is 17.2 Å². The van der Waals surface area contributed by atoms with E-state index in [1.807, 2.05) is 0 Å². The van der Waals surface area contributed by atoms with Crippen LogP contribution in [0.25, 0.3) is 21.8 Å². The summed E-state index contributed by atoms with van der Waals surface area (Å²) in [7, 11) is -2.37. The van der Waals surface area contributed by atoms with Gasteiger partial charge < -0.3 is 5.32 Å². The molecule has 11 heteroatoms. The molecule has 0 spiro atoms. The molecule has 2 N–H and O–H groups in total. The Morgan fingerprint density at radius 2 is 1.73 bits per heavy atom. The summed E-state index contributed by atoms with van der Waals surface area (Å²) in [5.74, 6) is -2.12. The highest BCUT2D eigenvalue weighted by Crippen LogP contribution is 2.44. The molecule has 0 radical (unpaired) electrons. The van der Waals surface area contributed by atoms with E-state index in [2.05, 4.69) is 26.9 Å². The largest absolute Gasteiger partial charge is 0.317 e. The Balaban J connectivity index is 1.59. The molecule has 1 aliphatic heterocycles. The lowest BCUT2D eigenvalue weighted by Gasteiger charge is -2.32. The highest BCUT2D eigenvalue weighted by atomic mass is 32.2. The maximum atomic E-state index is 15.9. The molecule has 0 aliphatic carbocycles. The van der Waals surface area contributed by atoms with Crippen LogP contribution in [0.2, 0.25) is 0 Å². The van der Waals surface area contributed by atoms with Gasteiger partial charge in [0.05, 0.1) is 27.0 Å². The summed E-state index contributed by atoms with van der Waals surface area (Å²) < 4.78 is 59.4. The molecule has 2 aromatic heterocycles. The lowest BCUT2D eigenvalue weighted by molar-refractivity contribution is 0.334. The van der Waals surface area contributed by atoms with E-state index in [9.17, 15) is 13.0 Å². The van der Waals surface area contributed by atoms with Crippen molar-refractivity contribution < 1.29 is 17.4 Å². The molecule has 1 fully saturated rings. The van der Waals surface area contributed by atoms with Crippen LogP contribution in [-0.4, -0.2) is 32.3 Å². The normalized spacial score (nSPS) is 15.9. The molecule has 5 rings (SSSR count). The van der Waals surface area contributed by atoms with Gasteiger partial charge >= 0.3 is 0 Å². The minimum absolute atomic E-state index is 0.161. The van der Waals surface area contributed by atoms with Gasteiger partial charge in [-0.2, -0.15) is 0 Å². The molecule has 2 aromatic carbocycles. The first-order valence-corrected chi connectivity index (χ1v) is 13.7. The number of thiazole rings is 1. The number of hydrogen-bond donors (Lipinski definition) is 2. The first-order valence-electron chi connectivity index (χ1n) is 11.7. The molecule has 0 saturated carbocycles. The van der Waals surface area contributed by atoms with E-state index < -0.39 is 33.3 Å². The van der Waals surface area contributed by atoms with Crippen LogP contribution in [0.1, 0.15) is 30.6 Å². The van der Waals surface area contributed by atoms with Gasteiger partial charge in [-0.15, -0.1) is 11.3 Å². The fourth-order valence-corrected chi connectivity index (χ4v) is 6.51. The van der Waals surface area contributed by atoms with Gasteiger partial charge in [-0.3, -0.25) is 4.72 Å². The molecule has 1 atom stereocenters. The van der Waals surface area contributed by atoms with Crippen LogP contribution in [0.3, 0.4) is 0 Å². The molecule has 1 unspecified atom stereocenters. The Morgan fingerprint density at radius 1 is 1.03 bits per heavy atom. The van der Waals surface area contributed by atoms with Crippen LogP contribution >= 0.6 is 11.3 Å². The summed E-state index contributed by atoms with van der Waals surface area (Å²) in [6, 6.07) is 9.45. The van der Waals surface area contributed by atoms with Gasteiger partial charge in [-0.25, -0.2) is 32.3 Å². The fourth-order valence-electron chi connectivity index (χ4n) is 4.31. The van der Waals surface area contributed by atoms with Crippen LogP contribution in [0, 0.1) is 24.4 Å².